The number of carbonyl (C=O) groups is 1. The Morgan fingerprint density at radius 1 is 1.14 bits per heavy atom. The second-order valence-electron chi connectivity index (χ2n) is 7.23. The molecule has 22 heavy (non-hydrogen) atoms. The molecule has 0 N–H and O–H groups in total. The minimum Gasteiger partial charge on any atom is -0.309 e. The SMILES string of the molecule is CN(C)CCC(=O)C1CC2CCC(C1)N2Cc1ccccc1. The Morgan fingerprint density at radius 3 is 2.36 bits per heavy atom. The number of fused-ring (bicyclic) bond motifs is 2. The molecule has 2 atom stereocenters. The van der Waals surface area contributed by atoms with Crippen molar-refractivity contribution in [2.45, 2.75) is 50.7 Å². The second-order valence-corrected chi connectivity index (χ2v) is 7.23. The lowest BCUT2D eigenvalue weighted by atomic mass is 9.86. The summed E-state index contributed by atoms with van der Waals surface area (Å²) in [5.41, 5.74) is 1.40. The summed E-state index contributed by atoms with van der Waals surface area (Å²) >= 11 is 0. The van der Waals surface area contributed by atoms with Gasteiger partial charge in [-0.25, -0.2) is 0 Å². The van der Waals surface area contributed by atoms with Gasteiger partial charge >= 0.3 is 0 Å². The van der Waals surface area contributed by atoms with Crippen LogP contribution in [0.4, 0.5) is 0 Å². The Hall–Kier alpha value is -1.19. The monoisotopic (exact) mass is 300 g/mol. The number of nitrogens with zero attached hydrogens (tertiary/aromatic N) is 2. The molecule has 0 spiro atoms. The molecule has 2 bridgehead atoms. The number of rotatable bonds is 6. The zero-order valence-corrected chi connectivity index (χ0v) is 13.9. The quantitative estimate of drug-likeness (QED) is 0.807. The lowest BCUT2D eigenvalue weighted by molar-refractivity contribution is -0.125. The maximum atomic E-state index is 12.4. The molecular formula is C19H28N2O. The summed E-state index contributed by atoms with van der Waals surface area (Å²) in [7, 11) is 4.08. The third-order valence-electron chi connectivity index (χ3n) is 5.35. The lowest BCUT2D eigenvalue weighted by Crippen LogP contribution is -2.44. The summed E-state index contributed by atoms with van der Waals surface area (Å²) in [5, 5.41) is 0. The summed E-state index contributed by atoms with van der Waals surface area (Å²) in [4.78, 5) is 17.2. The van der Waals surface area contributed by atoms with Crippen LogP contribution in [0.1, 0.15) is 37.7 Å². The first-order valence-corrected chi connectivity index (χ1v) is 8.60. The van der Waals surface area contributed by atoms with Crippen molar-refractivity contribution in [1.29, 1.82) is 0 Å². The van der Waals surface area contributed by atoms with Gasteiger partial charge in [0.15, 0.2) is 0 Å². The minimum atomic E-state index is 0.310. The van der Waals surface area contributed by atoms with Gasteiger partial charge in [-0.3, -0.25) is 9.69 Å². The highest BCUT2D eigenvalue weighted by atomic mass is 16.1. The molecule has 2 unspecified atom stereocenters. The van der Waals surface area contributed by atoms with Crippen LogP contribution in [0, 0.1) is 5.92 Å². The van der Waals surface area contributed by atoms with Crippen LogP contribution in [0.2, 0.25) is 0 Å². The third kappa shape index (κ3) is 3.58. The number of ketones is 1. The van der Waals surface area contributed by atoms with Crippen molar-refractivity contribution in [2.75, 3.05) is 20.6 Å². The third-order valence-corrected chi connectivity index (χ3v) is 5.35. The summed E-state index contributed by atoms with van der Waals surface area (Å²) in [6, 6.07) is 12.0. The first-order valence-electron chi connectivity index (χ1n) is 8.60. The molecule has 2 aliphatic rings. The number of hydrogen-bond acceptors (Lipinski definition) is 3. The molecule has 2 fully saturated rings. The molecule has 0 radical (unpaired) electrons. The van der Waals surface area contributed by atoms with E-state index in [9.17, 15) is 4.79 Å². The van der Waals surface area contributed by atoms with Crippen molar-refractivity contribution in [2.24, 2.45) is 5.92 Å². The molecule has 0 amide bonds. The van der Waals surface area contributed by atoms with Gasteiger partial charge in [0.2, 0.25) is 0 Å². The zero-order valence-electron chi connectivity index (χ0n) is 13.9. The summed E-state index contributed by atoms with van der Waals surface area (Å²) in [6.07, 6.45) is 5.42. The van der Waals surface area contributed by atoms with E-state index in [1.165, 1.54) is 18.4 Å². The number of benzene rings is 1. The molecule has 1 aromatic rings. The van der Waals surface area contributed by atoms with E-state index < -0.39 is 0 Å². The Balaban J connectivity index is 1.58. The van der Waals surface area contributed by atoms with E-state index in [2.05, 4.69) is 40.1 Å². The predicted molar refractivity (Wildman–Crippen MR) is 89.7 cm³/mol. The van der Waals surface area contributed by atoms with E-state index >= 15 is 0 Å². The fraction of sp³-hybridized carbons (Fsp3) is 0.632. The molecule has 0 aromatic heterocycles. The average Bonchev–Trinajstić information content (AvgIpc) is 2.74. The van der Waals surface area contributed by atoms with Crippen molar-refractivity contribution in [3.8, 4) is 0 Å². The number of hydrogen-bond donors (Lipinski definition) is 0. The van der Waals surface area contributed by atoms with Crippen LogP contribution in [0.5, 0.6) is 0 Å². The Morgan fingerprint density at radius 2 is 1.77 bits per heavy atom. The summed E-state index contributed by atoms with van der Waals surface area (Å²) in [6.45, 7) is 1.94. The van der Waals surface area contributed by atoms with Crippen molar-refractivity contribution in [3.05, 3.63) is 35.9 Å². The molecule has 0 saturated carbocycles. The van der Waals surface area contributed by atoms with E-state index in [0.717, 1.165) is 32.4 Å². The molecule has 2 saturated heterocycles. The van der Waals surface area contributed by atoms with Gasteiger partial charge in [0.25, 0.3) is 0 Å². The normalized spacial score (nSPS) is 28.2. The Kier molecular flexibility index (Phi) is 4.94. The molecule has 1 aromatic carbocycles. The fourth-order valence-corrected chi connectivity index (χ4v) is 4.13. The van der Waals surface area contributed by atoms with Crippen LogP contribution in [-0.2, 0) is 11.3 Å². The Labute approximate surface area is 134 Å². The fourth-order valence-electron chi connectivity index (χ4n) is 4.13. The smallest absolute Gasteiger partial charge is 0.137 e. The number of carbonyl (C=O) groups excluding carboxylic acids is 1. The minimum absolute atomic E-state index is 0.310. The highest BCUT2D eigenvalue weighted by Gasteiger charge is 2.42. The van der Waals surface area contributed by atoms with Gasteiger partial charge in [0, 0.05) is 37.5 Å². The molecule has 2 aliphatic heterocycles. The van der Waals surface area contributed by atoms with Crippen molar-refractivity contribution in [1.82, 2.24) is 9.80 Å². The van der Waals surface area contributed by atoms with Gasteiger partial charge < -0.3 is 4.90 Å². The predicted octanol–water partition coefficient (Wildman–Crippen LogP) is 2.95. The van der Waals surface area contributed by atoms with Crippen LogP contribution in [0.25, 0.3) is 0 Å². The van der Waals surface area contributed by atoms with Crippen LogP contribution in [0.3, 0.4) is 0 Å². The standard InChI is InChI=1S/C19H28N2O/c1-20(2)11-10-19(22)16-12-17-8-9-18(13-16)21(17)14-15-6-4-3-5-7-15/h3-7,16-18H,8-14H2,1-2H3. The van der Waals surface area contributed by atoms with E-state index in [1.54, 1.807) is 0 Å². The van der Waals surface area contributed by atoms with E-state index in [1.807, 2.05) is 14.1 Å². The van der Waals surface area contributed by atoms with Crippen LogP contribution in [0.15, 0.2) is 30.3 Å². The molecule has 3 nitrogen and oxygen atoms in total. The molecule has 120 valence electrons. The highest BCUT2D eigenvalue weighted by Crippen LogP contribution is 2.40. The van der Waals surface area contributed by atoms with Crippen molar-refractivity contribution in [3.63, 3.8) is 0 Å². The lowest BCUT2D eigenvalue weighted by Gasteiger charge is -2.38. The summed E-state index contributed by atoms with van der Waals surface area (Å²) in [5.74, 6) is 0.800. The van der Waals surface area contributed by atoms with Crippen LogP contribution >= 0.6 is 0 Å². The largest absolute Gasteiger partial charge is 0.309 e. The van der Waals surface area contributed by atoms with Gasteiger partial charge in [0.1, 0.15) is 5.78 Å². The van der Waals surface area contributed by atoms with Crippen LogP contribution < -0.4 is 0 Å². The molecule has 3 heteroatoms. The van der Waals surface area contributed by atoms with Gasteiger partial charge in [0.05, 0.1) is 0 Å². The molecule has 3 rings (SSSR count). The van der Waals surface area contributed by atoms with Crippen molar-refractivity contribution < 1.29 is 4.79 Å². The summed E-state index contributed by atoms with van der Waals surface area (Å²) < 4.78 is 0. The highest BCUT2D eigenvalue weighted by molar-refractivity contribution is 5.81. The number of Topliss-reactive ketones (excluding diaryl/α,β-unsaturated/α-hetero) is 1. The van der Waals surface area contributed by atoms with Gasteiger partial charge in [-0.15, -0.1) is 0 Å². The zero-order chi connectivity index (χ0) is 15.5. The second kappa shape index (κ2) is 6.93. The van der Waals surface area contributed by atoms with Gasteiger partial charge in [-0.05, 0) is 45.3 Å². The number of piperidine rings is 1. The average molecular weight is 300 g/mol. The van der Waals surface area contributed by atoms with E-state index in [-0.39, 0.29) is 0 Å². The molecule has 2 heterocycles. The van der Waals surface area contributed by atoms with Crippen LogP contribution in [-0.4, -0.2) is 48.3 Å². The first-order chi connectivity index (χ1) is 10.6. The van der Waals surface area contributed by atoms with E-state index in [0.29, 0.717) is 23.8 Å². The van der Waals surface area contributed by atoms with Crippen molar-refractivity contribution >= 4 is 5.78 Å². The van der Waals surface area contributed by atoms with Gasteiger partial charge in [-0.2, -0.15) is 0 Å². The van der Waals surface area contributed by atoms with Gasteiger partial charge in [-0.1, -0.05) is 30.3 Å². The Bertz CT molecular complexity index is 485. The maximum absolute atomic E-state index is 12.4. The topological polar surface area (TPSA) is 23.6 Å². The first kappa shape index (κ1) is 15.7. The molecular weight excluding hydrogens is 272 g/mol. The van der Waals surface area contributed by atoms with E-state index in [4.69, 9.17) is 0 Å². The molecule has 0 aliphatic carbocycles. The maximum Gasteiger partial charge on any atom is 0.137 e.